The second kappa shape index (κ2) is 7.52. The van der Waals surface area contributed by atoms with Gasteiger partial charge in [-0.15, -0.1) is 0 Å². The van der Waals surface area contributed by atoms with Crippen LogP contribution in [0.3, 0.4) is 0 Å². The van der Waals surface area contributed by atoms with Crippen LogP contribution in [0.2, 0.25) is 0 Å². The molecule has 28 heavy (non-hydrogen) atoms. The minimum absolute atomic E-state index is 0.00829. The molecule has 2 aromatic rings. The molecule has 3 rings (SSSR count). The third-order valence-corrected chi connectivity index (χ3v) is 5.32. The molecule has 0 bridgehead atoms. The summed E-state index contributed by atoms with van der Waals surface area (Å²) in [7, 11) is -3.32. The van der Waals surface area contributed by atoms with Gasteiger partial charge in [-0.25, -0.2) is 23.1 Å². The average molecular weight is 413 g/mol. The van der Waals surface area contributed by atoms with Gasteiger partial charge in [-0.3, -0.25) is 0 Å². The highest BCUT2D eigenvalue weighted by Crippen LogP contribution is 2.36. The van der Waals surface area contributed by atoms with Crippen LogP contribution in [0.1, 0.15) is 24.0 Å². The number of aromatic nitrogens is 2. The molecule has 1 unspecified atom stereocenters. The van der Waals surface area contributed by atoms with Crippen molar-refractivity contribution in [3.05, 3.63) is 29.6 Å². The number of hydrogen-bond donors (Lipinski definition) is 1. The molecule has 150 valence electrons. The first-order chi connectivity index (χ1) is 13.1. The Morgan fingerprint density at radius 3 is 2.75 bits per heavy atom. The summed E-state index contributed by atoms with van der Waals surface area (Å²) < 4.78 is 65.1. The summed E-state index contributed by atoms with van der Waals surface area (Å²) in [5.74, 6) is 0.359. The van der Waals surface area contributed by atoms with Crippen LogP contribution in [0.4, 0.5) is 19.0 Å². The lowest BCUT2D eigenvalue weighted by Gasteiger charge is -2.34. The molecule has 1 saturated heterocycles. The molecule has 1 aromatic heterocycles. The van der Waals surface area contributed by atoms with Crippen LogP contribution in [0.15, 0.2) is 18.5 Å². The summed E-state index contributed by atoms with van der Waals surface area (Å²) in [6.45, 7) is 1.30. The molecule has 0 radical (unpaired) electrons. The Balaban J connectivity index is 1.97. The maximum absolute atomic E-state index is 13.3. The number of nitrogens with zero attached hydrogens (tertiary/aromatic N) is 4. The Labute approximate surface area is 160 Å². The summed E-state index contributed by atoms with van der Waals surface area (Å²) in [4.78, 5) is 10.0. The monoisotopic (exact) mass is 413 g/mol. The van der Waals surface area contributed by atoms with E-state index >= 15 is 0 Å². The van der Waals surface area contributed by atoms with E-state index in [2.05, 4.69) is 14.7 Å². The lowest BCUT2D eigenvalue weighted by molar-refractivity contribution is -0.137. The van der Waals surface area contributed by atoms with Gasteiger partial charge in [-0.05, 0) is 30.9 Å². The van der Waals surface area contributed by atoms with E-state index < -0.39 is 27.3 Å². The van der Waals surface area contributed by atoms with Gasteiger partial charge >= 0.3 is 6.18 Å². The van der Waals surface area contributed by atoms with Gasteiger partial charge in [0.2, 0.25) is 10.0 Å². The van der Waals surface area contributed by atoms with Crippen LogP contribution in [0.5, 0.6) is 0 Å². The molecule has 7 nitrogen and oxygen atoms in total. The lowest BCUT2D eigenvalue weighted by Crippen LogP contribution is -2.41. The van der Waals surface area contributed by atoms with Gasteiger partial charge in [-0.2, -0.15) is 18.4 Å². The van der Waals surface area contributed by atoms with Crippen LogP contribution < -0.4 is 9.62 Å². The highest BCUT2D eigenvalue weighted by molar-refractivity contribution is 7.88. The smallest absolute Gasteiger partial charge is 0.356 e. The van der Waals surface area contributed by atoms with Gasteiger partial charge in [-0.1, -0.05) is 0 Å². The summed E-state index contributed by atoms with van der Waals surface area (Å²) >= 11 is 0. The van der Waals surface area contributed by atoms with Crippen LogP contribution in [-0.4, -0.2) is 44.3 Å². The summed E-state index contributed by atoms with van der Waals surface area (Å²) in [6.07, 6.45) is -0.782. The SMILES string of the molecule is CS(=O)(=O)NCC1CCCN(c2ncnc3cc(C#N)c(C(F)(F)F)cc23)C1. The normalized spacial score (nSPS) is 18.2. The number of anilines is 1. The number of hydrogen-bond acceptors (Lipinski definition) is 6. The third-order valence-electron chi connectivity index (χ3n) is 4.63. The Bertz CT molecular complexity index is 1030. The second-order valence-corrected chi connectivity index (χ2v) is 8.63. The molecule has 0 aliphatic carbocycles. The highest BCUT2D eigenvalue weighted by Gasteiger charge is 2.35. The van der Waals surface area contributed by atoms with Crippen molar-refractivity contribution < 1.29 is 21.6 Å². The average Bonchev–Trinajstić information content (AvgIpc) is 2.63. The highest BCUT2D eigenvalue weighted by atomic mass is 32.2. The molecule has 1 N–H and O–H groups in total. The van der Waals surface area contributed by atoms with Crippen LogP contribution in [0.25, 0.3) is 10.9 Å². The molecule has 11 heteroatoms. The first-order valence-electron chi connectivity index (χ1n) is 8.54. The lowest BCUT2D eigenvalue weighted by atomic mass is 9.97. The Morgan fingerprint density at radius 2 is 2.11 bits per heavy atom. The van der Waals surface area contributed by atoms with Crippen LogP contribution in [0, 0.1) is 17.2 Å². The largest absolute Gasteiger partial charge is 0.417 e. The number of halogens is 3. The van der Waals surface area contributed by atoms with Gasteiger partial charge in [0.1, 0.15) is 12.1 Å². The number of rotatable bonds is 4. The molecule has 1 fully saturated rings. The zero-order valence-electron chi connectivity index (χ0n) is 15.0. The number of benzene rings is 1. The maximum Gasteiger partial charge on any atom is 0.417 e. The van der Waals surface area contributed by atoms with Gasteiger partial charge in [0.05, 0.1) is 29.0 Å². The van der Waals surface area contributed by atoms with Gasteiger partial charge < -0.3 is 4.90 Å². The molecular weight excluding hydrogens is 395 g/mol. The number of fused-ring (bicyclic) bond motifs is 1. The van der Waals surface area contributed by atoms with E-state index in [1.165, 1.54) is 6.33 Å². The number of alkyl halides is 3. The summed E-state index contributed by atoms with van der Waals surface area (Å²) in [5, 5.41) is 9.27. The van der Waals surface area contributed by atoms with Gasteiger partial charge in [0.25, 0.3) is 0 Å². The predicted octanol–water partition coefficient (Wildman–Crippen LogP) is 2.29. The second-order valence-electron chi connectivity index (χ2n) is 6.80. The van der Waals surface area contributed by atoms with Crippen molar-refractivity contribution in [2.45, 2.75) is 19.0 Å². The summed E-state index contributed by atoms with van der Waals surface area (Å²) in [6, 6.07) is 3.61. The number of nitriles is 1. The van der Waals surface area contributed by atoms with E-state index in [1.807, 2.05) is 4.90 Å². The first-order valence-corrected chi connectivity index (χ1v) is 10.4. The fourth-order valence-electron chi connectivity index (χ4n) is 3.36. The Hall–Kier alpha value is -2.45. The topological polar surface area (TPSA) is 99.0 Å². The predicted molar refractivity (Wildman–Crippen MR) is 97.0 cm³/mol. The van der Waals surface area contributed by atoms with Crippen molar-refractivity contribution in [3.63, 3.8) is 0 Å². The zero-order valence-corrected chi connectivity index (χ0v) is 15.8. The van der Waals surface area contributed by atoms with Crippen molar-refractivity contribution in [2.75, 3.05) is 30.8 Å². The third kappa shape index (κ3) is 4.51. The molecule has 1 aliphatic rings. The fraction of sp³-hybridized carbons (Fsp3) is 0.471. The molecule has 0 spiro atoms. The molecular formula is C17H18F3N5O2S. The minimum atomic E-state index is -4.67. The van der Waals surface area contributed by atoms with E-state index in [0.29, 0.717) is 18.9 Å². The van der Waals surface area contributed by atoms with Crippen molar-refractivity contribution in [1.82, 2.24) is 14.7 Å². The quantitative estimate of drug-likeness (QED) is 0.826. The minimum Gasteiger partial charge on any atom is -0.356 e. The van der Waals surface area contributed by atoms with E-state index in [-0.39, 0.29) is 23.4 Å². The standard InChI is InChI=1S/C17H18F3N5O2S/c1-28(26,27)24-8-11-3-2-4-25(9-11)16-13-6-14(17(18,19)20)12(7-21)5-15(13)22-10-23-16/h5-6,10-11,24H,2-4,8-9H2,1H3. The van der Waals surface area contributed by atoms with E-state index in [4.69, 9.17) is 5.26 Å². The van der Waals surface area contributed by atoms with Crippen molar-refractivity contribution in [2.24, 2.45) is 5.92 Å². The van der Waals surface area contributed by atoms with Crippen LogP contribution in [-0.2, 0) is 16.2 Å². The van der Waals surface area contributed by atoms with E-state index in [0.717, 1.165) is 31.2 Å². The van der Waals surface area contributed by atoms with Gasteiger partial charge in [0, 0.05) is 25.0 Å². The Morgan fingerprint density at radius 1 is 1.36 bits per heavy atom. The van der Waals surface area contributed by atoms with Crippen molar-refractivity contribution in [1.29, 1.82) is 5.26 Å². The summed E-state index contributed by atoms with van der Waals surface area (Å²) in [5.41, 5.74) is -1.25. The van der Waals surface area contributed by atoms with Crippen molar-refractivity contribution in [3.8, 4) is 6.07 Å². The number of sulfonamides is 1. The molecule has 0 amide bonds. The molecule has 0 saturated carbocycles. The first kappa shape index (κ1) is 20.3. The maximum atomic E-state index is 13.3. The number of piperidine rings is 1. The number of nitrogens with one attached hydrogen (secondary N) is 1. The van der Waals surface area contributed by atoms with Crippen molar-refractivity contribution >= 4 is 26.7 Å². The zero-order chi connectivity index (χ0) is 20.5. The molecule has 1 aromatic carbocycles. The fourth-order valence-corrected chi connectivity index (χ4v) is 3.90. The van der Waals surface area contributed by atoms with E-state index in [1.54, 1.807) is 6.07 Å². The molecule has 2 heterocycles. The van der Waals surface area contributed by atoms with E-state index in [9.17, 15) is 21.6 Å². The van der Waals surface area contributed by atoms with Crippen LogP contribution >= 0.6 is 0 Å². The molecule has 1 atom stereocenters. The molecule has 1 aliphatic heterocycles. The Kier molecular flexibility index (Phi) is 5.45. The van der Waals surface area contributed by atoms with Gasteiger partial charge in [0.15, 0.2) is 0 Å².